The highest BCUT2D eigenvalue weighted by atomic mass is 35.5. The van der Waals surface area contributed by atoms with Crippen molar-refractivity contribution in [1.82, 2.24) is 20.0 Å². The van der Waals surface area contributed by atoms with Crippen LogP contribution >= 0.6 is 46.4 Å². The van der Waals surface area contributed by atoms with Crippen molar-refractivity contribution in [3.8, 4) is 0 Å². The molecule has 0 aliphatic carbocycles. The molecule has 8 nitrogen and oxygen atoms in total. The van der Waals surface area contributed by atoms with E-state index in [0.29, 0.717) is 35.2 Å². The topological polar surface area (TPSA) is 82.2 Å². The molecule has 3 atom stereocenters. The van der Waals surface area contributed by atoms with Crippen LogP contribution in [0.15, 0.2) is 36.4 Å². The lowest BCUT2D eigenvalue weighted by molar-refractivity contribution is -0.135. The fraction of sp³-hybridized carbons (Fsp3) is 0.583. The minimum atomic E-state index is -0.531. The number of piperidine rings is 1. The zero-order valence-corrected chi connectivity index (χ0v) is 32.1. The number of amides is 3. The van der Waals surface area contributed by atoms with E-state index in [9.17, 15) is 14.4 Å². The average Bonchev–Trinajstić information content (AvgIpc) is 3.30. The second-order valence-electron chi connectivity index (χ2n) is 13.3. The summed E-state index contributed by atoms with van der Waals surface area (Å²) in [6, 6.07) is 11.3. The Labute approximate surface area is 306 Å². The number of hydrogen-bond donors (Lipinski definition) is 1. The number of halogens is 4. The summed E-state index contributed by atoms with van der Waals surface area (Å²) < 4.78 is 5.67. The predicted octanol–water partition coefficient (Wildman–Crippen LogP) is 8.60. The highest BCUT2D eigenvalue weighted by Crippen LogP contribution is 2.37. The Morgan fingerprint density at radius 2 is 1.48 bits per heavy atom. The van der Waals surface area contributed by atoms with Crippen LogP contribution in [0, 0.1) is 13.8 Å². The number of aryl methyl sites for hydroxylation is 2. The second-order valence-corrected chi connectivity index (χ2v) is 14.9. The van der Waals surface area contributed by atoms with Crippen LogP contribution in [0.3, 0.4) is 0 Å². The molecule has 0 saturated carbocycles. The van der Waals surface area contributed by atoms with E-state index in [-0.39, 0.29) is 54.0 Å². The van der Waals surface area contributed by atoms with Gasteiger partial charge < -0.3 is 24.8 Å². The lowest BCUT2D eigenvalue weighted by atomic mass is 9.97. The Kier molecular flexibility index (Phi) is 15.2. The van der Waals surface area contributed by atoms with E-state index in [1.807, 2.05) is 87.4 Å². The maximum atomic E-state index is 13.7. The summed E-state index contributed by atoms with van der Waals surface area (Å²) in [4.78, 5) is 45.7. The van der Waals surface area contributed by atoms with Gasteiger partial charge in [-0.15, -0.1) is 23.2 Å². The van der Waals surface area contributed by atoms with Crippen LogP contribution in [0.2, 0.25) is 10.0 Å². The number of carbonyl (C=O) groups is 3. The van der Waals surface area contributed by atoms with E-state index >= 15 is 0 Å². The van der Waals surface area contributed by atoms with E-state index in [2.05, 4.69) is 5.32 Å². The number of alkyl halides is 2. The Balaban J connectivity index is 0.00000118. The maximum Gasteiger partial charge on any atom is 0.410 e. The molecule has 1 N–H and O–H groups in total. The molecule has 3 aliphatic rings. The largest absolute Gasteiger partial charge is 0.444 e. The van der Waals surface area contributed by atoms with Crippen molar-refractivity contribution in [1.29, 1.82) is 0 Å². The normalized spacial score (nSPS) is 21.9. The van der Waals surface area contributed by atoms with Crippen molar-refractivity contribution in [2.24, 2.45) is 0 Å². The van der Waals surface area contributed by atoms with Crippen molar-refractivity contribution in [3.63, 3.8) is 0 Å². The Morgan fingerprint density at radius 1 is 0.896 bits per heavy atom. The first-order valence-electron chi connectivity index (χ1n) is 16.7. The third kappa shape index (κ3) is 10.6. The van der Waals surface area contributed by atoms with E-state index in [1.165, 1.54) is 0 Å². The molecule has 3 heterocycles. The third-order valence-corrected chi connectivity index (χ3v) is 9.40. The zero-order valence-electron chi connectivity index (χ0n) is 29.1. The van der Waals surface area contributed by atoms with Gasteiger partial charge in [-0.05, 0) is 90.1 Å². The summed E-state index contributed by atoms with van der Waals surface area (Å²) in [5.41, 5.74) is 3.03. The molecule has 2 aromatic rings. The standard InChI is InChI=1S/C33H42Cl2N4O4.C2H6.CH2Cl2/c1-20-12-21(2)14-23(13-20)31(41)37-10-11-38(29(19-37)22-6-9-27(34)28(35)15-22)30(40)18-36-24-16-25-7-8-26(17-24)39(25)32(42)43-33(3,4)5;1-2;2-1-3/h6,9,12-15,24-26,29,36H,7-8,10-11,16-19H2,1-5H3;1-2H3;1H2/t25-,26-,29-;;/m0../s1. The smallest absolute Gasteiger partial charge is 0.410 e. The molecule has 0 aromatic heterocycles. The highest BCUT2D eigenvalue weighted by Gasteiger charge is 2.45. The molecule has 5 rings (SSSR count). The first kappa shape index (κ1) is 40.2. The monoisotopic (exact) mass is 742 g/mol. The van der Waals surface area contributed by atoms with Crippen molar-refractivity contribution in [2.75, 3.05) is 31.5 Å². The molecule has 266 valence electrons. The lowest BCUT2D eigenvalue weighted by Crippen LogP contribution is -2.56. The lowest BCUT2D eigenvalue weighted by Gasteiger charge is -2.43. The first-order chi connectivity index (χ1) is 22.7. The summed E-state index contributed by atoms with van der Waals surface area (Å²) in [6.45, 7) is 15.0. The summed E-state index contributed by atoms with van der Waals surface area (Å²) in [7, 11) is 0. The third-order valence-electron chi connectivity index (χ3n) is 8.66. The molecule has 3 fully saturated rings. The van der Waals surface area contributed by atoms with E-state index in [4.69, 9.17) is 51.1 Å². The van der Waals surface area contributed by atoms with Crippen molar-refractivity contribution in [3.05, 3.63) is 68.7 Å². The Hall–Kier alpha value is -2.23. The van der Waals surface area contributed by atoms with Crippen LogP contribution in [0.4, 0.5) is 4.79 Å². The minimum absolute atomic E-state index is 0.0310. The van der Waals surface area contributed by atoms with Gasteiger partial charge in [-0.3, -0.25) is 9.59 Å². The number of carbonyl (C=O) groups excluding carboxylic acids is 3. The Morgan fingerprint density at radius 3 is 2.02 bits per heavy atom. The van der Waals surface area contributed by atoms with E-state index in [1.54, 1.807) is 12.1 Å². The molecule has 0 unspecified atom stereocenters. The van der Waals surface area contributed by atoms with Crippen LogP contribution in [0.5, 0.6) is 0 Å². The Bertz CT molecular complexity index is 1380. The maximum absolute atomic E-state index is 13.7. The van der Waals surface area contributed by atoms with Gasteiger partial charge in [0.25, 0.3) is 5.91 Å². The first-order valence-corrected chi connectivity index (χ1v) is 18.5. The van der Waals surface area contributed by atoms with Crippen LogP contribution in [0.1, 0.15) is 93.4 Å². The van der Waals surface area contributed by atoms with Gasteiger partial charge in [-0.1, -0.05) is 60.3 Å². The van der Waals surface area contributed by atoms with Crippen LogP contribution < -0.4 is 5.32 Å². The molecule has 2 bridgehead atoms. The molecule has 3 saturated heterocycles. The minimum Gasteiger partial charge on any atom is -0.444 e. The molecular formula is C36H50Cl4N4O4. The second kappa shape index (κ2) is 18.1. The fourth-order valence-electron chi connectivity index (χ4n) is 6.84. The molecule has 48 heavy (non-hydrogen) atoms. The van der Waals surface area contributed by atoms with Gasteiger partial charge in [0.2, 0.25) is 5.91 Å². The van der Waals surface area contributed by atoms with Gasteiger partial charge in [-0.2, -0.15) is 0 Å². The number of benzene rings is 2. The molecule has 12 heteroatoms. The SMILES string of the molecule is CC.Cc1cc(C)cc(C(=O)N2CCN(C(=O)CNC3C[C@@H]4CC[C@@H](C3)N4C(=O)OC(C)(C)C)[C@H](c3ccc(Cl)c(Cl)c3)C2)c1.ClCCl. The van der Waals surface area contributed by atoms with Crippen LogP contribution in [0.25, 0.3) is 0 Å². The number of nitrogens with zero attached hydrogens (tertiary/aromatic N) is 3. The summed E-state index contributed by atoms with van der Waals surface area (Å²) in [6.07, 6.45) is 3.24. The number of hydrogen-bond acceptors (Lipinski definition) is 5. The number of ether oxygens (including phenoxy) is 1. The van der Waals surface area contributed by atoms with Gasteiger partial charge in [0.15, 0.2) is 0 Å². The zero-order chi connectivity index (χ0) is 35.8. The van der Waals surface area contributed by atoms with Crippen LogP contribution in [-0.4, -0.2) is 87.9 Å². The molecular weight excluding hydrogens is 694 g/mol. The number of piperazine rings is 1. The van der Waals surface area contributed by atoms with Crippen molar-refractivity contribution < 1.29 is 19.1 Å². The van der Waals surface area contributed by atoms with Gasteiger partial charge in [0, 0.05) is 43.3 Å². The molecule has 2 aromatic carbocycles. The molecule has 3 amide bonds. The highest BCUT2D eigenvalue weighted by molar-refractivity contribution is 6.42. The summed E-state index contributed by atoms with van der Waals surface area (Å²) in [5.74, 6) is -0.0780. The number of fused-ring (bicyclic) bond motifs is 2. The van der Waals surface area contributed by atoms with Crippen molar-refractivity contribution in [2.45, 2.75) is 104 Å². The summed E-state index contributed by atoms with van der Waals surface area (Å²) >= 11 is 22.1. The quantitative estimate of drug-likeness (QED) is 0.311. The fourth-order valence-corrected chi connectivity index (χ4v) is 7.15. The van der Waals surface area contributed by atoms with E-state index in [0.717, 1.165) is 42.4 Å². The predicted molar refractivity (Wildman–Crippen MR) is 197 cm³/mol. The summed E-state index contributed by atoms with van der Waals surface area (Å²) in [5, 5.41) is 4.54. The van der Waals surface area contributed by atoms with Gasteiger partial charge in [-0.25, -0.2) is 4.79 Å². The molecule has 3 aliphatic heterocycles. The number of rotatable bonds is 5. The van der Waals surface area contributed by atoms with Crippen LogP contribution in [-0.2, 0) is 9.53 Å². The van der Waals surface area contributed by atoms with E-state index < -0.39 is 5.60 Å². The van der Waals surface area contributed by atoms with Gasteiger partial charge in [0.1, 0.15) is 5.60 Å². The number of nitrogens with one attached hydrogen (secondary N) is 1. The van der Waals surface area contributed by atoms with Crippen molar-refractivity contribution >= 4 is 64.3 Å². The van der Waals surface area contributed by atoms with Gasteiger partial charge >= 0.3 is 6.09 Å². The average molecular weight is 745 g/mol. The molecule has 0 spiro atoms. The van der Waals surface area contributed by atoms with Gasteiger partial charge in [0.05, 0.1) is 28.0 Å². The molecule has 0 radical (unpaired) electrons.